The molecule has 0 aliphatic carbocycles. The number of rotatable bonds is 4. The molecule has 0 amide bonds. The van der Waals surface area contributed by atoms with Crippen LogP contribution in [0.5, 0.6) is 0 Å². The van der Waals surface area contributed by atoms with Crippen LogP contribution in [0.15, 0.2) is 18.2 Å². The molecule has 0 aromatic heterocycles. The van der Waals surface area contributed by atoms with Gasteiger partial charge in [-0.3, -0.25) is 4.90 Å². The van der Waals surface area contributed by atoms with Gasteiger partial charge in [0.1, 0.15) is 17.3 Å². The Labute approximate surface area is 104 Å². The van der Waals surface area contributed by atoms with E-state index in [2.05, 4.69) is 0 Å². The van der Waals surface area contributed by atoms with Crippen molar-refractivity contribution in [1.82, 2.24) is 4.90 Å². The Bertz CT molecular complexity index is 406. The number of nitrogens with zero attached hydrogens (tertiary/aromatic N) is 1. The summed E-state index contributed by atoms with van der Waals surface area (Å²) in [5, 5.41) is 0. The van der Waals surface area contributed by atoms with Crippen LogP contribution >= 0.6 is 0 Å². The summed E-state index contributed by atoms with van der Waals surface area (Å²) in [5.41, 5.74) is -0.824. The molecule has 1 unspecified atom stereocenters. The first-order chi connectivity index (χ1) is 8.50. The van der Waals surface area contributed by atoms with Crippen molar-refractivity contribution in [3.63, 3.8) is 0 Å². The molecule has 2 rings (SSSR count). The molecule has 1 aliphatic heterocycles. The summed E-state index contributed by atoms with van der Waals surface area (Å²) in [7, 11) is 1.46. The molecular formula is C13H16F3NO. The van der Waals surface area contributed by atoms with Gasteiger partial charge < -0.3 is 4.74 Å². The van der Waals surface area contributed by atoms with Crippen molar-refractivity contribution < 1.29 is 17.9 Å². The zero-order chi connectivity index (χ0) is 13.2. The van der Waals surface area contributed by atoms with Crippen LogP contribution in [0.4, 0.5) is 13.2 Å². The van der Waals surface area contributed by atoms with E-state index in [1.54, 1.807) is 0 Å². The van der Waals surface area contributed by atoms with Gasteiger partial charge >= 0.3 is 0 Å². The van der Waals surface area contributed by atoms with Gasteiger partial charge in [0.2, 0.25) is 0 Å². The van der Waals surface area contributed by atoms with E-state index in [1.807, 2.05) is 4.90 Å². The molecule has 0 bridgehead atoms. The van der Waals surface area contributed by atoms with Crippen molar-refractivity contribution in [3.8, 4) is 0 Å². The second-order valence-corrected chi connectivity index (χ2v) is 4.82. The van der Waals surface area contributed by atoms with Crippen molar-refractivity contribution in [1.29, 1.82) is 0 Å². The van der Waals surface area contributed by atoms with Crippen LogP contribution in [0.1, 0.15) is 12.0 Å². The predicted octanol–water partition coefficient (Wildman–Crippen LogP) is 2.53. The van der Waals surface area contributed by atoms with Crippen molar-refractivity contribution in [3.05, 3.63) is 35.4 Å². The predicted molar refractivity (Wildman–Crippen MR) is 62.0 cm³/mol. The Morgan fingerprint density at radius 3 is 2.56 bits per heavy atom. The SMILES string of the molecule is COCC1(F)CCN(Cc2cc(F)cc(F)c2)C1. The normalized spacial score (nSPS) is 24.7. The molecule has 1 fully saturated rings. The number of methoxy groups -OCH3 is 1. The number of halogens is 3. The van der Waals surface area contributed by atoms with Gasteiger partial charge in [0.25, 0.3) is 0 Å². The molecule has 1 aliphatic rings. The topological polar surface area (TPSA) is 12.5 Å². The molecule has 5 heteroatoms. The first-order valence-electron chi connectivity index (χ1n) is 5.86. The lowest BCUT2D eigenvalue weighted by molar-refractivity contribution is 0.0467. The standard InChI is InChI=1S/C13H16F3NO/c1-18-9-13(16)2-3-17(8-13)7-10-4-11(14)6-12(15)5-10/h4-6H,2-3,7-9H2,1H3. The van der Waals surface area contributed by atoms with Gasteiger partial charge in [0.05, 0.1) is 6.61 Å². The number of ether oxygens (including phenoxy) is 1. The third-order valence-corrected chi connectivity index (χ3v) is 3.11. The molecule has 1 aromatic carbocycles. The average molecular weight is 259 g/mol. The highest BCUT2D eigenvalue weighted by Gasteiger charge is 2.38. The summed E-state index contributed by atoms with van der Waals surface area (Å²) < 4.78 is 45.0. The molecule has 1 atom stereocenters. The summed E-state index contributed by atoms with van der Waals surface area (Å²) in [6.07, 6.45) is 0.388. The van der Waals surface area contributed by atoms with Crippen molar-refractivity contribution in [2.45, 2.75) is 18.6 Å². The summed E-state index contributed by atoms with van der Waals surface area (Å²) in [6.45, 7) is 1.21. The lowest BCUT2D eigenvalue weighted by Crippen LogP contribution is -2.33. The summed E-state index contributed by atoms with van der Waals surface area (Å²) in [4.78, 5) is 1.84. The fourth-order valence-corrected chi connectivity index (χ4v) is 2.39. The third-order valence-electron chi connectivity index (χ3n) is 3.11. The molecule has 0 spiro atoms. The van der Waals surface area contributed by atoms with E-state index in [1.165, 1.54) is 19.2 Å². The van der Waals surface area contributed by atoms with Gasteiger partial charge in [-0.25, -0.2) is 13.2 Å². The number of likely N-dealkylation sites (tertiary alicyclic amines) is 1. The van der Waals surface area contributed by atoms with E-state index >= 15 is 0 Å². The Morgan fingerprint density at radius 1 is 1.28 bits per heavy atom. The zero-order valence-corrected chi connectivity index (χ0v) is 10.3. The Hall–Kier alpha value is -1.07. The van der Waals surface area contributed by atoms with Gasteiger partial charge in [-0.2, -0.15) is 0 Å². The highest BCUT2D eigenvalue weighted by molar-refractivity contribution is 5.18. The van der Waals surface area contributed by atoms with E-state index in [0.29, 0.717) is 25.1 Å². The second-order valence-electron chi connectivity index (χ2n) is 4.82. The fraction of sp³-hybridized carbons (Fsp3) is 0.538. The first kappa shape index (κ1) is 13.4. The van der Waals surface area contributed by atoms with Gasteiger partial charge in [-0.15, -0.1) is 0 Å². The van der Waals surface area contributed by atoms with Crippen LogP contribution < -0.4 is 0 Å². The van der Waals surface area contributed by atoms with Crippen LogP contribution in [-0.2, 0) is 11.3 Å². The van der Waals surface area contributed by atoms with E-state index in [9.17, 15) is 13.2 Å². The highest BCUT2D eigenvalue weighted by atomic mass is 19.1. The monoisotopic (exact) mass is 259 g/mol. The maximum absolute atomic E-state index is 14.1. The lowest BCUT2D eigenvalue weighted by Gasteiger charge is -2.20. The van der Waals surface area contributed by atoms with Crippen LogP contribution in [0.25, 0.3) is 0 Å². The van der Waals surface area contributed by atoms with E-state index in [4.69, 9.17) is 4.74 Å². The molecule has 0 saturated carbocycles. The first-order valence-corrected chi connectivity index (χ1v) is 5.86. The molecule has 1 heterocycles. The van der Waals surface area contributed by atoms with Crippen LogP contribution in [-0.4, -0.2) is 37.4 Å². The van der Waals surface area contributed by atoms with Gasteiger partial charge in [-0.1, -0.05) is 0 Å². The Morgan fingerprint density at radius 2 is 1.94 bits per heavy atom. The van der Waals surface area contributed by atoms with Crippen molar-refractivity contribution >= 4 is 0 Å². The second kappa shape index (κ2) is 5.28. The maximum atomic E-state index is 14.1. The molecule has 1 saturated heterocycles. The molecule has 2 nitrogen and oxygen atoms in total. The maximum Gasteiger partial charge on any atom is 0.148 e. The largest absolute Gasteiger partial charge is 0.381 e. The quantitative estimate of drug-likeness (QED) is 0.824. The number of alkyl halides is 1. The van der Waals surface area contributed by atoms with E-state index in [0.717, 1.165) is 6.07 Å². The smallest absolute Gasteiger partial charge is 0.148 e. The van der Waals surface area contributed by atoms with Gasteiger partial charge in [0, 0.05) is 32.8 Å². The Balaban J connectivity index is 1.99. The van der Waals surface area contributed by atoms with Crippen LogP contribution in [0.3, 0.4) is 0 Å². The summed E-state index contributed by atoms with van der Waals surface area (Å²) in [5.74, 6) is -1.21. The van der Waals surface area contributed by atoms with Crippen molar-refractivity contribution in [2.75, 3.05) is 26.8 Å². The Kier molecular flexibility index (Phi) is 3.92. The van der Waals surface area contributed by atoms with E-state index in [-0.39, 0.29) is 13.2 Å². The third kappa shape index (κ3) is 3.23. The van der Waals surface area contributed by atoms with Crippen molar-refractivity contribution in [2.24, 2.45) is 0 Å². The molecule has 100 valence electrons. The number of hydrogen-bond donors (Lipinski definition) is 0. The number of hydrogen-bond acceptors (Lipinski definition) is 2. The molecule has 0 N–H and O–H groups in total. The van der Waals surface area contributed by atoms with Gasteiger partial charge in [-0.05, 0) is 24.1 Å². The average Bonchev–Trinajstić information content (AvgIpc) is 2.58. The summed E-state index contributed by atoms with van der Waals surface area (Å²) >= 11 is 0. The molecular weight excluding hydrogens is 243 g/mol. The molecule has 0 radical (unpaired) electrons. The minimum Gasteiger partial charge on any atom is -0.381 e. The number of benzene rings is 1. The molecule has 1 aromatic rings. The van der Waals surface area contributed by atoms with E-state index < -0.39 is 17.3 Å². The van der Waals surface area contributed by atoms with Crippen LogP contribution in [0, 0.1) is 11.6 Å². The lowest BCUT2D eigenvalue weighted by atomic mass is 10.1. The van der Waals surface area contributed by atoms with Gasteiger partial charge in [0.15, 0.2) is 0 Å². The zero-order valence-electron chi connectivity index (χ0n) is 10.3. The fourth-order valence-electron chi connectivity index (χ4n) is 2.39. The highest BCUT2D eigenvalue weighted by Crippen LogP contribution is 2.27. The minimum atomic E-state index is -1.35. The van der Waals surface area contributed by atoms with Crippen LogP contribution in [0.2, 0.25) is 0 Å². The molecule has 18 heavy (non-hydrogen) atoms. The summed E-state index contributed by atoms with van der Waals surface area (Å²) in [6, 6.07) is 3.38. The minimum absolute atomic E-state index is 0.0566.